The molecule has 11 heteroatoms. The lowest BCUT2D eigenvalue weighted by Gasteiger charge is -2.18. The number of halogens is 1. The maximum Gasteiger partial charge on any atom is 0.220 e. The number of sulfone groups is 1. The van der Waals surface area contributed by atoms with Crippen LogP contribution in [0.4, 0.5) is 27.5 Å². The average molecular weight is 483 g/mol. The lowest BCUT2D eigenvalue weighted by Crippen LogP contribution is -2.18. The van der Waals surface area contributed by atoms with Crippen LogP contribution < -0.4 is 10.6 Å². The van der Waals surface area contributed by atoms with Gasteiger partial charge in [-0.2, -0.15) is 4.39 Å². The molecule has 0 radical (unpaired) electrons. The third kappa shape index (κ3) is 5.68. The van der Waals surface area contributed by atoms with Crippen LogP contribution in [0.15, 0.2) is 47.6 Å². The van der Waals surface area contributed by atoms with Crippen LogP contribution in [0.3, 0.4) is 0 Å². The standard InChI is InChI=1S/C22H24FN5O4S/c1-5-16(29)13-12-25-19(27-18-9-8-14(20(23)28-18)22(2,3)30)11-15(13)26-21-17(33(4,31)32)7-6-10-24-21/h6-12,30H,5H2,1-4H3,(H2,24,25,26,27,28)/i1D3,2D3,3D3. The molecule has 0 aromatic carbocycles. The van der Waals surface area contributed by atoms with Gasteiger partial charge in [-0.25, -0.2) is 23.4 Å². The van der Waals surface area contributed by atoms with E-state index >= 15 is 0 Å². The third-order valence-corrected chi connectivity index (χ3v) is 5.41. The molecule has 0 unspecified atom stereocenters. The van der Waals surface area contributed by atoms with Crippen LogP contribution >= 0.6 is 0 Å². The molecule has 0 fully saturated rings. The van der Waals surface area contributed by atoms with Gasteiger partial charge in [0, 0.05) is 49.0 Å². The molecule has 0 saturated carbocycles. The Bertz CT molecular complexity index is 1600. The van der Waals surface area contributed by atoms with Crippen molar-refractivity contribution in [1.82, 2.24) is 15.0 Å². The molecular weight excluding hydrogens is 449 g/mol. The van der Waals surface area contributed by atoms with Crippen molar-refractivity contribution >= 4 is 38.8 Å². The fourth-order valence-corrected chi connectivity index (χ4v) is 3.54. The number of carbonyl (C=O) groups is 1. The molecule has 0 amide bonds. The van der Waals surface area contributed by atoms with Crippen molar-refractivity contribution in [3.63, 3.8) is 0 Å². The van der Waals surface area contributed by atoms with Gasteiger partial charge in [0.25, 0.3) is 0 Å². The Balaban J connectivity index is 2.07. The van der Waals surface area contributed by atoms with E-state index in [1.807, 2.05) is 0 Å². The van der Waals surface area contributed by atoms with Crippen LogP contribution in [0, 0.1) is 5.95 Å². The summed E-state index contributed by atoms with van der Waals surface area (Å²) in [5.41, 5.74) is -5.04. The Morgan fingerprint density at radius 2 is 2.00 bits per heavy atom. The van der Waals surface area contributed by atoms with Gasteiger partial charge in [-0.05, 0) is 38.0 Å². The fraction of sp³-hybridized carbons (Fsp3) is 0.273. The molecule has 33 heavy (non-hydrogen) atoms. The van der Waals surface area contributed by atoms with Crippen molar-refractivity contribution in [3.8, 4) is 0 Å². The molecule has 0 aliphatic rings. The van der Waals surface area contributed by atoms with E-state index in [-0.39, 0.29) is 33.6 Å². The highest BCUT2D eigenvalue weighted by atomic mass is 32.2. The van der Waals surface area contributed by atoms with Crippen LogP contribution in [0.25, 0.3) is 0 Å². The molecule has 9 nitrogen and oxygen atoms in total. The molecule has 3 aromatic rings. The van der Waals surface area contributed by atoms with Gasteiger partial charge in [0.05, 0.1) is 16.9 Å². The van der Waals surface area contributed by atoms with Crippen molar-refractivity contribution in [2.24, 2.45) is 0 Å². The van der Waals surface area contributed by atoms with E-state index in [4.69, 9.17) is 12.3 Å². The van der Waals surface area contributed by atoms with Crippen LogP contribution in [-0.2, 0) is 15.4 Å². The van der Waals surface area contributed by atoms with Gasteiger partial charge in [0.2, 0.25) is 5.95 Å². The number of ketones is 1. The predicted molar refractivity (Wildman–Crippen MR) is 122 cm³/mol. The molecule has 0 aliphatic heterocycles. The summed E-state index contributed by atoms with van der Waals surface area (Å²) in [6.45, 7) is -9.74. The normalized spacial score (nSPS) is 17.0. The zero-order valence-corrected chi connectivity index (χ0v) is 17.9. The highest BCUT2D eigenvalue weighted by molar-refractivity contribution is 7.90. The predicted octanol–water partition coefficient (Wildman–Crippen LogP) is 3.72. The van der Waals surface area contributed by atoms with E-state index in [1.54, 1.807) is 0 Å². The first kappa shape index (κ1) is 14.7. The second kappa shape index (κ2) is 9.20. The van der Waals surface area contributed by atoms with Crippen LogP contribution in [-0.4, -0.2) is 40.5 Å². The first-order chi connectivity index (χ1) is 19.0. The summed E-state index contributed by atoms with van der Waals surface area (Å²) in [4.78, 5) is 24.0. The van der Waals surface area contributed by atoms with Crippen molar-refractivity contribution < 1.29 is 35.0 Å². The van der Waals surface area contributed by atoms with Crippen LogP contribution in [0.2, 0.25) is 0 Å². The van der Waals surface area contributed by atoms with Crippen molar-refractivity contribution in [1.29, 1.82) is 0 Å². The largest absolute Gasteiger partial charge is 0.386 e. The molecule has 0 atom stereocenters. The van der Waals surface area contributed by atoms with Crippen molar-refractivity contribution in [2.45, 2.75) is 37.5 Å². The maximum absolute atomic E-state index is 15.0. The summed E-state index contributed by atoms with van der Waals surface area (Å²) in [7, 11) is -3.80. The molecule has 0 bridgehead atoms. The highest BCUT2D eigenvalue weighted by Gasteiger charge is 2.22. The summed E-state index contributed by atoms with van der Waals surface area (Å²) in [5.74, 6) is -3.13. The Labute approximate surface area is 203 Å². The van der Waals surface area contributed by atoms with Gasteiger partial charge in [0.1, 0.15) is 22.3 Å². The average Bonchev–Trinajstić information content (AvgIpc) is 2.81. The van der Waals surface area contributed by atoms with Gasteiger partial charge in [0.15, 0.2) is 15.6 Å². The fourth-order valence-electron chi connectivity index (χ4n) is 2.76. The number of pyridine rings is 3. The number of anilines is 4. The van der Waals surface area contributed by atoms with Crippen molar-refractivity contribution in [2.75, 3.05) is 16.9 Å². The SMILES string of the molecule is [2H]C([2H])([2H])CC(=O)c1cnc(Nc2ccc(C(O)(C([2H])([2H])[2H])C([2H])([2H])[2H])c(F)n2)cc1Nc1ncccc1S(C)(=O)=O. The van der Waals surface area contributed by atoms with E-state index in [1.165, 1.54) is 18.3 Å². The number of nitrogens with zero attached hydrogens (tertiary/aromatic N) is 3. The Kier molecular flexibility index (Phi) is 4.09. The summed E-state index contributed by atoms with van der Waals surface area (Å²) < 4.78 is 107. The number of rotatable bonds is 8. The highest BCUT2D eigenvalue weighted by Crippen LogP contribution is 2.29. The summed E-state index contributed by atoms with van der Waals surface area (Å²) >= 11 is 0. The molecule has 0 saturated heterocycles. The first-order valence-electron chi connectivity index (χ1n) is 13.7. The Morgan fingerprint density at radius 1 is 1.21 bits per heavy atom. The third-order valence-electron chi connectivity index (χ3n) is 4.28. The minimum atomic E-state index is -3.80. The van der Waals surface area contributed by atoms with Gasteiger partial charge < -0.3 is 15.7 Å². The topological polar surface area (TPSA) is 134 Å². The zero-order valence-electron chi connectivity index (χ0n) is 26.0. The number of aliphatic hydroxyl groups is 1. The smallest absolute Gasteiger partial charge is 0.220 e. The second-order valence-electron chi connectivity index (χ2n) is 6.83. The van der Waals surface area contributed by atoms with Crippen LogP contribution in [0.1, 0.15) is 55.2 Å². The molecule has 3 aromatic heterocycles. The second-order valence-corrected chi connectivity index (χ2v) is 8.82. The van der Waals surface area contributed by atoms with Crippen LogP contribution in [0.5, 0.6) is 0 Å². The molecule has 3 N–H and O–H groups in total. The minimum Gasteiger partial charge on any atom is -0.386 e. The molecule has 0 spiro atoms. The summed E-state index contributed by atoms with van der Waals surface area (Å²) in [6.07, 6.45) is 2.31. The van der Waals surface area contributed by atoms with Crippen molar-refractivity contribution in [3.05, 3.63) is 59.8 Å². The Hall–Kier alpha value is -3.44. The van der Waals surface area contributed by atoms with Gasteiger partial charge in [-0.15, -0.1) is 0 Å². The van der Waals surface area contributed by atoms with E-state index in [0.29, 0.717) is 0 Å². The number of carbonyl (C=O) groups excluding carboxylic acids is 1. The molecular formula is C22H24FN5O4S. The lowest BCUT2D eigenvalue weighted by atomic mass is 10.0. The molecule has 174 valence electrons. The molecule has 3 heterocycles. The van der Waals surface area contributed by atoms with E-state index < -0.39 is 59.7 Å². The number of Topliss-reactive ketones (excluding diaryl/α,β-unsaturated/α-hetero) is 1. The van der Waals surface area contributed by atoms with Gasteiger partial charge in [-0.3, -0.25) is 4.79 Å². The van der Waals surface area contributed by atoms with Gasteiger partial charge in [-0.1, -0.05) is 6.85 Å². The van der Waals surface area contributed by atoms with E-state index in [0.717, 1.165) is 30.7 Å². The monoisotopic (exact) mass is 482 g/mol. The number of hydrogen-bond donors (Lipinski definition) is 3. The number of hydrogen-bond acceptors (Lipinski definition) is 9. The molecule has 0 aliphatic carbocycles. The first-order valence-corrected chi connectivity index (χ1v) is 11.1. The maximum atomic E-state index is 15.0. The van der Waals surface area contributed by atoms with Gasteiger partial charge >= 0.3 is 0 Å². The Morgan fingerprint density at radius 3 is 2.67 bits per heavy atom. The van der Waals surface area contributed by atoms with E-state index in [9.17, 15) is 22.7 Å². The quantitative estimate of drug-likeness (QED) is 0.324. The summed E-state index contributed by atoms with van der Waals surface area (Å²) in [5, 5.41) is 15.8. The zero-order chi connectivity index (χ0) is 31.9. The minimum absolute atomic E-state index is 0.123. The molecule has 3 rings (SSSR count). The van der Waals surface area contributed by atoms with E-state index in [2.05, 4.69) is 25.6 Å². The number of nitrogens with one attached hydrogen (secondary N) is 2. The lowest BCUT2D eigenvalue weighted by molar-refractivity contribution is 0.0737. The summed E-state index contributed by atoms with van der Waals surface area (Å²) in [6, 6.07) is 5.48. The number of aromatic nitrogens is 3.